The summed E-state index contributed by atoms with van der Waals surface area (Å²) < 4.78 is 4.73. The smallest absolute Gasteiger partial charge is 0.350 e. The van der Waals surface area contributed by atoms with E-state index in [0.29, 0.717) is 10.6 Å². The highest BCUT2D eigenvalue weighted by atomic mass is 32.1. The van der Waals surface area contributed by atoms with Gasteiger partial charge in [0.15, 0.2) is 5.13 Å². The first-order valence-electron chi connectivity index (χ1n) is 5.90. The SMILES string of the molecule is COC(=O)c1sc(NC(C)c2ccc(C)s2)nc1C. The number of anilines is 1. The lowest BCUT2D eigenvalue weighted by Gasteiger charge is -2.10. The van der Waals surface area contributed by atoms with Crippen LogP contribution in [-0.2, 0) is 4.74 Å². The number of thiazole rings is 1. The number of methoxy groups -OCH3 is 1. The molecule has 6 heteroatoms. The predicted octanol–water partition coefficient (Wildman–Crippen LogP) is 3.78. The largest absolute Gasteiger partial charge is 0.465 e. The number of ether oxygens (including phenoxy) is 1. The third-order valence-electron chi connectivity index (χ3n) is 2.70. The monoisotopic (exact) mass is 296 g/mol. The predicted molar refractivity (Wildman–Crippen MR) is 79.3 cm³/mol. The van der Waals surface area contributed by atoms with Gasteiger partial charge < -0.3 is 10.1 Å². The summed E-state index contributed by atoms with van der Waals surface area (Å²) >= 11 is 3.09. The number of nitrogens with one attached hydrogen (secondary N) is 1. The van der Waals surface area contributed by atoms with E-state index in [1.165, 1.54) is 28.2 Å². The first kappa shape index (κ1) is 14.0. The third-order valence-corrected chi connectivity index (χ3v) is 4.95. The zero-order valence-corrected chi connectivity index (χ0v) is 12.9. The van der Waals surface area contributed by atoms with Crippen molar-refractivity contribution >= 4 is 33.8 Å². The van der Waals surface area contributed by atoms with Crippen LogP contribution in [0.5, 0.6) is 0 Å². The molecule has 0 aliphatic rings. The van der Waals surface area contributed by atoms with E-state index in [1.807, 2.05) is 6.92 Å². The van der Waals surface area contributed by atoms with Crippen LogP contribution >= 0.6 is 22.7 Å². The van der Waals surface area contributed by atoms with E-state index >= 15 is 0 Å². The summed E-state index contributed by atoms with van der Waals surface area (Å²) in [6.45, 7) is 5.98. The first-order chi connectivity index (χ1) is 9.01. The lowest BCUT2D eigenvalue weighted by atomic mass is 10.3. The summed E-state index contributed by atoms with van der Waals surface area (Å²) in [5, 5.41) is 4.07. The van der Waals surface area contributed by atoms with Crippen molar-refractivity contribution in [3.05, 3.63) is 32.5 Å². The average Bonchev–Trinajstić information content (AvgIpc) is 2.95. The number of hydrogen-bond donors (Lipinski definition) is 1. The Morgan fingerprint density at radius 2 is 2.11 bits per heavy atom. The van der Waals surface area contributed by atoms with E-state index in [1.54, 1.807) is 11.3 Å². The van der Waals surface area contributed by atoms with E-state index in [9.17, 15) is 4.79 Å². The molecule has 0 saturated heterocycles. The number of esters is 1. The maximum atomic E-state index is 11.5. The molecule has 0 amide bonds. The van der Waals surface area contributed by atoms with Gasteiger partial charge in [-0.25, -0.2) is 9.78 Å². The first-order valence-corrected chi connectivity index (χ1v) is 7.53. The Labute approximate surface area is 120 Å². The van der Waals surface area contributed by atoms with E-state index in [0.717, 1.165) is 5.13 Å². The number of carbonyl (C=O) groups excluding carboxylic acids is 1. The van der Waals surface area contributed by atoms with Gasteiger partial charge in [-0.2, -0.15) is 0 Å². The molecule has 0 saturated carbocycles. The molecule has 1 N–H and O–H groups in total. The van der Waals surface area contributed by atoms with Crippen LogP contribution in [0, 0.1) is 13.8 Å². The summed E-state index contributed by atoms with van der Waals surface area (Å²) in [6.07, 6.45) is 0. The van der Waals surface area contributed by atoms with Gasteiger partial charge in [0.25, 0.3) is 0 Å². The maximum Gasteiger partial charge on any atom is 0.350 e. The number of aromatic nitrogens is 1. The molecular weight excluding hydrogens is 280 g/mol. The molecule has 0 spiro atoms. The van der Waals surface area contributed by atoms with Crippen molar-refractivity contribution in [3.8, 4) is 0 Å². The second kappa shape index (κ2) is 5.71. The molecule has 102 valence electrons. The van der Waals surface area contributed by atoms with E-state index in [2.05, 4.69) is 36.3 Å². The quantitative estimate of drug-likeness (QED) is 0.872. The van der Waals surface area contributed by atoms with Crippen molar-refractivity contribution in [1.82, 2.24) is 4.98 Å². The molecule has 0 bridgehead atoms. The van der Waals surface area contributed by atoms with Gasteiger partial charge in [-0.15, -0.1) is 11.3 Å². The van der Waals surface area contributed by atoms with Gasteiger partial charge in [0.1, 0.15) is 4.88 Å². The molecule has 19 heavy (non-hydrogen) atoms. The molecule has 4 nitrogen and oxygen atoms in total. The lowest BCUT2D eigenvalue weighted by molar-refractivity contribution is 0.0605. The van der Waals surface area contributed by atoms with Crippen LogP contribution in [0.4, 0.5) is 5.13 Å². The molecule has 0 radical (unpaired) electrons. The molecule has 1 unspecified atom stereocenters. The number of hydrogen-bond acceptors (Lipinski definition) is 6. The Hall–Kier alpha value is -1.40. The molecule has 0 aromatic carbocycles. The van der Waals surface area contributed by atoms with E-state index in [-0.39, 0.29) is 12.0 Å². The number of rotatable bonds is 4. The van der Waals surface area contributed by atoms with Gasteiger partial charge in [0.2, 0.25) is 0 Å². The minimum absolute atomic E-state index is 0.176. The normalized spacial score (nSPS) is 12.2. The molecule has 2 rings (SSSR count). The Kier molecular flexibility index (Phi) is 4.21. The highest BCUT2D eigenvalue weighted by Gasteiger charge is 2.17. The van der Waals surface area contributed by atoms with Crippen LogP contribution < -0.4 is 5.32 Å². The molecule has 1 atom stereocenters. The van der Waals surface area contributed by atoms with Crippen LogP contribution in [0.25, 0.3) is 0 Å². The highest BCUT2D eigenvalue weighted by molar-refractivity contribution is 7.17. The zero-order valence-electron chi connectivity index (χ0n) is 11.3. The Morgan fingerprint density at radius 3 is 2.68 bits per heavy atom. The molecule has 0 fully saturated rings. The van der Waals surface area contributed by atoms with Crippen LogP contribution in [0.1, 0.15) is 38.1 Å². The molecule has 0 aliphatic carbocycles. The summed E-state index contributed by atoms with van der Waals surface area (Å²) in [7, 11) is 1.38. The van der Waals surface area contributed by atoms with E-state index in [4.69, 9.17) is 4.74 Å². The van der Waals surface area contributed by atoms with Crippen LogP contribution in [0.15, 0.2) is 12.1 Å². The second-order valence-corrected chi connectivity index (χ2v) is 6.56. The zero-order chi connectivity index (χ0) is 14.0. The fraction of sp³-hybridized carbons (Fsp3) is 0.385. The fourth-order valence-electron chi connectivity index (χ4n) is 1.68. The number of nitrogens with zero attached hydrogens (tertiary/aromatic N) is 1. The fourth-order valence-corrected chi connectivity index (χ4v) is 3.53. The average molecular weight is 296 g/mol. The summed E-state index contributed by atoms with van der Waals surface area (Å²) in [6, 6.07) is 4.39. The van der Waals surface area contributed by atoms with Crippen LogP contribution in [0.3, 0.4) is 0 Å². The maximum absolute atomic E-state index is 11.5. The Balaban J connectivity index is 2.13. The molecule has 0 aliphatic heterocycles. The minimum atomic E-state index is -0.331. The van der Waals surface area contributed by atoms with Crippen molar-refractivity contribution in [1.29, 1.82) is 0 Å². The van der Waals surface area contributed by atoms with Gasteiger partial charge >= 0.3 is 5.97 Å². The third kappa shape index (κ3) is 3.13. The van der Waals surface area contributed by atoms with Crippen molar-refractivity contribution in [2.45, 2.75) is 26.8 Å². The van der Waals surface area contributed by atoms with Crippen molar-refractivity contribution < 1.29 is 9.53 Å². The van der Waals surface area contributed by atoms with Gasteiger partial charge in [0, 0.05) is 9.75 Å². The molecular formula is C13H16N2O2S2. The minimum Gasteiger partial charge on any atom is -0.465 e. The van der Waals surface area contributed by atoms with Crippen molar-refractivity contribution in [2.75, 3.05) is 12.4 Å². The summed E-state index contributed by atoms with van der Waals surface area (Å²) in [5.41, 5.74) is 0.703. The van der Waals surface area contributed by atoms with Crippen LogP contribution in [-0.4, -0.2) is 18.1 Å². The van der Waals surface area contributed by atoms with Gasteiger partial charge in [-0.3, -0.25) is 0 Å². The molecule has 2 aromatic heterocycles. The number of thiophene rings is 1. The van der Waals surface area contributed by atoms with Crippen LogP contribution in [0.2, 0.25) is 0 Å². The Bertz CT molecular complexity index is 589. The van der Waals surface area contributed by atoms with Gasteiger partial charge in [-0.1, -0.05) is 11.3 Å². The second-order valence-electron chi connectivity index (χ2n) is 4.24. The Morgan fingerprint density at radius 1 is 1.37 bits per heavy atom. The van der Waals surface area contributed by atoms with Crippen molar-refractivity contribution in [2.24, 2.45) is 0 Å². The number of aryl methyl sites for hydroxylation is 2. The number of carbonyl (C=O) groups is 1. The van der Waals surface area contributed by atoms with Gasteiger partial charge in [-0.05, 0) is 32.9 Å². The standard InChI is InChI=1S/C13H16N2O2S2/c1-7-5-6-10(18-7)8(2)14-13-15-9(3)11(19-13)12(16)17-4/h5-6,8H,1-4H3,(H,14,15). The van der Waals surface area contributed by atoms with Gasteiger partial charge in [0.05, 0.1) is 18.8 Å². The van der Waals surface area contributed by atoms with E-state index < -0.39 is 0 Å². The highest BCUT2D eigenvalue weighted by Crippen LogP contribution is 2.29. The molecule has 2 aromatic rings. The molecule has 2 heterocycles. The topological polar surface area (TPSA) is 51.2 Å². The lowest BCUT2D eigenvalue weighted by Crippen LogP contribution is -2.04. The van der Waals surface area contributed by atoms with Crippen molar-refractivity contribution in [3.63, 3.8) is 0 Å². The summed E-state index contributed by atoms with van der Waals surface area (Å²) in [5.74, 6) is -0.331. The summed E-state index contributed by atoms with van der Waals surface area (Å²) in [4.78, 5) is 19.0.